The minimum Gasteiger partial charge on any atom is -0.339 e. The maximum absolute atomic E-state index is 5.45. The van der Waals surface area contributed by atoms with Gasteiger partial charge in [0.05, 0.1) is 5.70 Å². The molecule has 8 rings (SSSR count). The van der Waals surface area contributed by atoms with Gasteiger partial charge in [-0.15, -0.1) is 0 Å². The van der Waals surface area contributed by atoms with Crippen molar-refractivity contribution in [3.05, 3.63) is 228 Å². The molecular formula is C49H40N2. The third kappa shape index (κ3) is 6.69. The summed E-state index contributed by atoms with van der Waals surface area (Å²) in [4.78, 5) is 5.45. The van der Waals surface area contributed by atoms with Gasteiger partial charge in [0.1, 0.15) is 11.9 Å². The van der Waals surface area contributed by atoms with Crippen LogP contribution < -0.4 is 5.32 Å². The van der Waals surface area contributed by atoms with Gasteiger partial charge in [-0.25, -0.2) is 0 Å². The Morgan fingerprint density at radius 2 is 1.20 bits per heavy atom. The smallest absolute Gasteiger partial charge is 0.133 e. The molecule has 0 amide bonds. The molecule has 246 valence electrons. The predicted octanol–water partition coefficient (Wildman–Crippen LogP) is 12.1. The summed E-state index contributed by atoms with van der Waals surface area (Å²) in [6.45, 7) is 6.43. The third-order valence-corrected chi connectivity index (χ3v) is 10.0. The van der Waals surface area contributed by atoms with Gasteiger partial charge < -0.3 is 5.32 Å². The van der Waals surface area contributed by atoms with Crippen LogP contribution in [0.5, 0.6) is 0 Å². The zero-order valence-electron chi connectivity index (χ0n) is 28.8. The second-order valence-electron chi connectivity index (χ2n) is 13.3. The highest BCUT2D eigenvalue weighted by Crippen LogP contribution is 2.39. The Bertz CT molecular complexity index is 2310. The van der Waals surface area contributed by atoms with Crippen LogP contribution in [0.3, 0.4) is 0 Å². The van der Waals surface area contributed by atoms with Crippen molar-refractivity contribution in [1.82, 2.24) is 5.32 Å². The Kier molecular flexibility index (Phi) is 8.97. The third-order valence-electron chi connectivity index (χ3n) is 10.0. The lowest BCUT2D eigenvalue weighted by Crippen LogP contribution is -2.30. The summed E-state index contributed by atoms with van der Waals surface area (Å²) in [6, 6.07) is 56.0. The first-order valence-electron chi connectivity index (χ1n) is 17.7. The van der Waals surface area contributed by atoms with Gasteiger partial charge in [0.2, 0.25) is 0 Å². The number of hydrogen-bond donors (Lipinski definition) is 1. The van der Waals surface area contributed by atoms with Crippen LogP contribution in [0, 0.1) is 6.92 Å². The lowest BCUT2D eigenvalue weighted by atomic mass is 9.85. The summed E-state index contributed by atoms with van der Waals surface area (Å²) < 4.78 is 0. The predicted molar refractivity (Wildman–Crippen MR) is 215 cm³/mol. The molecule has 0 bridgehead atoms. The van der Waals surface area contributed by atoms with Gasteiger partial charge in [0.15, 0.2) is 0 Å². The zero-order chi connectivity index (χ0) is 34.6. The molecule has 2 nitrogen and oxygen atoms in total. The fourth-order valence-corrected chi connectivity index (χ4v) is 7.25. The number of aliphatic imine (C=N–C) groups is 1. The molecule has 2 aliphatic rings. The molecule has 2 atom stereocenters. The molecule has 1 aliphatic carbocycles. The van der Waals surface area contributed by atoms with E-state index in [1.54, 1.807) is 0 Å². The van der Waals surface area contributed by atoms with Gasteiger partial charge in [-0.1, -0.05) is 176 Å². The van der Waals surface area contributed by atoms with E-state index >= 15 is 0 Å². The second kappa shape index (κ2) is 14.3. The SMILES string of the molecule is C=CC1=C(c2ccccc2C)NC(c2cc(-c3ccc(-c4ccccc4)cc3)cc(C3C=CC(c4ccccc4)=CC3)c2)=NC1c1ccccc1. The monoisotopic (exact) mass is 656 g/mol. The topological polar surface area (TPSA) is 24.4 Å². The summed E-state index contributed by atoms with van der Waals surface area (Å²) in [7, 11) is 0. The molecule has 0 saturated heterocycles. The minimum atomic E-state index is -0.197. The van der Waals surface area contributed by atoms with Crippen molar-refractivity contribution >= 4 is 17.1 Å². The number of nitrogens with zero attached hydrogens (tertiary/aromatic N) is 1. The number of hydrogen-bond acceptors (Lipinski definition) is 2. The van der Waals surface area contributed by atoms with E-state index in [1.807, 2.05) is 6.08 Å². The first-order chi connectivity index (χ1) is 25.1. The molecule has 1 N–H and O–H groups in total. The van der Waals surface area contributed by atoms with Crippen LogP contribution in [-0.2, 0) is 0 Å². The van der Waals surface area contributed by atoms with E-state index in [4.69, 9.17) is 4.99 Å². The van der Waals surface area contributed by atoms with Crippen LogP contribution in [0.4, 0.5) is 0 Å². The molecule has 1 heterocycles. The van der Waals surface area contributed by atoms with E-state index in [9.17, 15) is 0 Å². The summed E-state index contributed by atoms with van der Waals surface area (Å²) in [5.41, 5.74) is 15.2. The highest BCUT2D eigenvalue weighted by atomic mass is 15.1. The van der Waals surface area contributed by atoms with Crippen LogP contribution in [0.1, 0.15) is 51.8 Å². The van der Waals surface area contributed by atoms with Gasteiger partial charge >= 0.3 is 0 Å². The molecule has 1 aliphatic heterocycles. The van der Waals surface area contributed by atoms with E-state index < -0.39 is 0 Å². The van der Waals surface area contributed by atoms with E-state index in [1.165, 1.54) is 44.5 Å². The Morgan fingerprint density at radius 1 is 0.608 bits per heavy atom. The molecule has 6 aromatic rings. The lowest BCUT2D eigenvalue weighted by Gasteiger charge is -2.29. The number of aryl methyl sites for hydroxylation is 1. The fourth-order valence-electron chi connectivity index (χ4n) is 7.25. The van der Waals surface area contributed by atoms with Crippen molar-refractivity contribution in [2.24, 2.45) is 4.99 Å². The molecule has 0 aromatic heterocycles. The lowest BCUT2D eigenvalue weighted by molar-refractivity contribution is 0.839. The quantitative estimate of drug-likeness (QED) is 0.173. The first kappa shape index (κ1) is 32.0. The van der Waals surface area contributed by atoms with Gasteiger partial charge in [-0.05, 0) is 75.6 Å². The molecular weight excluding hydrogens is 617 g/mol. The highest BCUT2D eigenvalue weighted by Gasteiger charge is 2.27. The van der Waals surface area contributed by atoms with Crippen molar-refractivity contribution in [3.63, 3.8) is 0 Å². The molecule has 6 aromatic carbocycles. The molecule has 0 radical (unpaired) electrons. The summed E-state index contributed by atoms with van der Waals surface area (Å²) >= 11 is 0. The Labute approximate surface area is 301 Å². The summed E-state index contributed by atoms with van der Waals surface area (Å²) in [5.74, 6) is 1.10. The molecule has 2 heteroatoms. The number of allylic oxidation sites excluding steroid dienone is 4. The first-order valence-corrected chi connectivity index (χ1v) is 17.7. The standard InChI is InChI=1S/C49H40N2/c1-3-45-47(41-20-11-6-12-21-41)50-49(51-48(45)46-22-14-13-15-34(46)2)44-32-42(39-27-23-37(24-28-39)35-16-7-4-8-17-35)31-43(33-44)40-29-25-38(26-30-40)36-18-9-5-10-19-36/h3-29,31-33,40,47H,1,30H2,2H3,(H,50,51). The Balaban J connectivity index is 1.24. The fraction of sp³-hybridized carbons (Fsp3) is 0.0816. The number of nitrogens with one attached hydrogen (secondary N) is 1. The van der Waals surface area contributed by atoms with E-state index in [2.05, 4.69) is 195 Å². The zero-order valence-corrected chi connectivity index (χ0v) is 28.8. The second-order valence-corrected chi connectivity index (χ2v) is 13.3. The van der Waals surface area contributed by atoms with Crippen molar-refractivity contribution < 1.29 is 0 Å². The molecule has 51 heavy (non-hydrogen) atoms. The Morgan fingerprint density at radius 3 is 1.84 bits per heavy atom. The van der Waals surface area contributed by atoms with E-state index in [0.29, 0.717) is 0 Å². The van der Waals surface area contributed by atoms with Crippen LogP contribution in [0.15, 0.2) is 199 Å². The summed E-state index contributed by atoms with van der Waals surface area (Å²) in [6.07, 6.45) is 9.91. The minimum absolute atomic E-state index is 0.197. The van der Waals surface area contributed by atoms with E-state index in [-0.39, 0.29) is 12.0 Å². The summed E-state index contributed by atoms with van der Waals surface area (Å²) in [5, 5.41) is 3.82. The Hall–Kier alpha value is -6.25. The maximum atomic E-state index is 5.45. The average molecular weight is 657 g/mol. The normalized spacial score (nSPS) is 17.0. The molecule has 0 fully saturated rings. The van der Waals surface area contributed by atoms with Gasteiger partial charge in [0.25, 0.3) is 0 Å². The number of rotatable bonds is 8. The molecule has 0 saturated carbocycles. The molecule has 2 unspecified atom stereocenters. The largest absolute Gasteiger partial charge is 0.339 e. The number of amidine groups is 1. The van der Waals surface area contributed by atoms with Crippen LogP contribution >= 0.6 is 0 Å². The molecule has 0 spiro atoms. The maximum Gasteiger partial charge on any atom is 0.133 e. The van der Waals surface area contributed by atoms with E-state index in [0.717, 1.165) is 40.2 Å². The van der Waals surface area contributed by atoms with Crippen molar-refractivity contribution in [2.75, 3.05) is 0 Å². The highest BCUT2D eigenvalue weighted by molar-refractivity contribution is 6.06. The van der Waals surface area contributed by atoms with Gasteiger partial charge in [-0.2, -0.15) is 0 Å². The van der Waals surface area contributed by atoms with Crippen LogP contribution in [0.2, 0.25) is 0 Å². The van der Waals surface area contributed by atoms with Gasteiger partial charge in [0, 0.05) is 22.6 Å². The van der Waals surface area contributed by atoms with Crippen molar-refractivity contribution in [3.8, 4) is 22.3 Å². The van der Waals surface area contributed by atoms with Gasteiger partial charge in [-0.3, -0.25) is 4.99 Å². The number of benzene rings is 6. The van der Waals surface area contributed by atoms with Crippen LogP contribution in [-0.4, -0.2) is 5.84 Å². The average Bonchev–Trinajstić information content (AvgIpc) is 3.21. The van der Waals surface area contributed by atoms with Crippen LogP contribution in [0.25, 0.3) is 33.5 Å². The van der Waals surface area contributed by atoms with Crippen molar-refractivity contribution in [2.45, 2.75) is 25.3 Å². The van der Waals surface area contributed by atoms with Crippen molar-refractivity contribution in [1.29, 1.82) is 0 Å².